The van der Waals surface area contributed by atoms with E-state index in [2.05, 4.69) is 25.9 Å². The number of nitrogen functional groups attached to an aromatic ring is 1. The summed E-state index contributed by atoms with van der Waals surface area (Å²) < 4.78 is 1.74. The maximum absolute atomic E-state index is 12.1. The normalized spacial score (nSPS) is 17.8. The average molecular weight is 349 g/mol. The molecule has 9 heteroatoms. The third kappa shape index (κ3) is 4.75. The van der Waals surface area contributed by atoms with Gasteiger partial charge >= 0.3 is 0 Å². The minimum Gasteiger partial charge on any atom is -0.375 e. The molecule has 1 aliphatic heterocycles. The number of amides is 1. The zero-order valence-electron chi connectivity index (χ0n) is 13.6. The van der Waals surface area contributed by atoms with E-state index in [1.165, 1.54) is 30.6 Å². The van der Waals surface area contributed by atoms with Gasteiger partial charge in [0.05, 0.1) is 11.9 Å². The van der Waals surface area contributed by atoms with E-state index in [4.69, 9.17) is 5.73 Å². The monoisotopic (exact) mass is 349 g/mol. The second-order valence-electron chi connectivity index (χ2n) is 5.99. The Morgan fingerprint density at radius 2 is 2.42 bits per heavy atom. The van der Waals surface area contributed by atoms with Crippen molar-refractivity contribution in [1.29, 1.82) is 0 Å². The van der Waals surface area contributed by atoms with Crippen LogP contribution in [0.15, 0.2) is 11.6 Å². The Balaban J connectivity index is 1.41. The van der Waals surface area contributed by atoms with Crippen molar-refractivity contribution in [1.82, 2.24) is 30.6 Å². The Kier molecular flexibility index (Phi) is 5.76. The summed E-state index contributed by atoms with van der Waals surface area (Å²) in [6.45, 7) is 2.37. The average Bonchev–Trinajstić information content (AvgIpc) is 3.23. The standard InChI is InChI=1S/C15H23N7OS/c16-15-19-12(10-24-15)4-7-18-14(23)13-9-22(21-20-13)8-5-11-3-1-2-6-17-11/h9-11,17H,1-8H2,(H2,16,19)(H,18,23). The Bertz CT molecular complexity index is 662. The first-order chi connectivity index (χ1) is 11.7. The number of hydrogen-bond acceptors (Lipinski definition) is 7. The number of rotatable bonds is 7. The molecule has 8 nitrogen and oxygen atoms in total. The molecule has 0 aliphatic carbocycles. The van der Waals surface area contributed by atoms with Gasteiger partial charge in [0.25, 0.3) is 5.91 Å². The van der Waals surface area contributed by atoms with Gasteiger partial charge in [-0.1, -0.05) is 11.6 Å². The Morgan fingerprint density at radius 3 is 3.17 bits per heavy atom. The van der Waals surface area contributed by atoms with Crippen molar-refractivity contribution < 1.29 is 4.79 Å². The molecule has 1 aliphatic rings. The first-order valence-corrected chi connectivity index (χ1v) is 9.20. The van der Waals surface area contributed by atoms with Gasteiger partial charge in [0, 0.05) is 30.9 Å². The van der Waals surface area contributed by atoms with Gasteiger partial charge in [-0.3, -0.25) is 9.48 Å². The maximum Gasteiger partial charge on any atom is 0.273 e. The Morgan fingerprint density at radius 1 is 1.50 bits per heavy atom. The minimum absolute atomic E-state index is 0.208. The Labute approximate surface area is 144 Å². The number of hydrogen-bond donors (Lipinski definition) is 3. The number of nitrogens with zero attached hydrogens (tertiary/aromatic N) is 4. The predicted molar refractivity (Wildman–Crippen MR) is 92.8 cm³/mol. The third-order valence-electron chi connectivity index (χ3n) is 4.13. The first kappa shape index (κ1) is 16.8. The highest BCUT2D eigenvalue weighted by molar-refractivity contribution is 7.13. The van der Waals surface area contributed by atoms with Crippen LogP contribution in [0.4, 0.5) is 5.13 Å². The molecule has 1 saturated heterocycles. The number of piperidine rings is 1. The highest BCUT2D eigenvalue weighted by atomic mass is 32.1. The summed E-state index contributed by atoms with van der Waals surface area (Å²) in [5.74, 6) is -0.208. The van der Waals surface area contributed by atoms with Gasteiger partial charge in [0.15, 0.2) is 10.8 Å². The predicted octanol–water partition coefficient (Wildman–Crippen LogP) is 0.821. The molecule has 130 valence electrons. The van der Waals surface area contributed by atoms with Crippen LogP contribution in [0, 0.1) is 0 Å². The number of carbonyl (C=O) groups is 1. The van der Waals surface area contributed by atoms with Gasteiger partial charge in [0.2, 0.25) is 0 Å². The van der Waals surface area contributed by atoms with E-state index in [1.54, 1.807) is 10.9 Å². The van der Waals surface area contributed by atoms with Crippen molar-refractivity contribution in [3.63, 3.8) is 0 Å². The van der Waals surface area contributed by atoms with E-state index in [-0.39, 0.29) is 5.91 Å². The maximum atomic E-state index is 12.1. The molecule has 0 saturated carbocycles. The van der Waals surface area contributed by atoms with Crippen LogP contribution >= 0.6 is 11.3 Å². The molecule has 1 atom stereocenters. The molecule has 3 heterocycles. The summed E-state index contributed by atoms with van der Waals surface area (Å²) in [7, 11) is 0. The number of anilines is 1. The van der Waals surface area contributed by atoms with Crippen molar-refractivity contribution in [3.8, 4) is 0 Å². The van der Waals surface area contributed by atoms with Crippen LogP contribution in [0.25, 0.3) is 0 Å². The quantitative estimate of drug-likeness (QED) is 0.682. The second kappa shape index (κ2) is 8.20. The van der Waals surface area contributed by atoms with Gasteiger partial charge in [-0.2, -0.15) is 0 Å². The molecular formula is C15H23N7OS. The summed E-state index contributed by atoms with van der Waals surface area (Å²) >= 11 is 1.40. The fourth-order valence-corrected chi connectivity index (χ4v) is 3.40. The lowest BCUT2D eigenvalue weighted by atomic mass is 10.0. The van der Waals surface area contributed by atoms with Crippen molar-refractivity contribution in [2.75, 3.05) is 18.8 Å². The van der Waals surface area contributed by atoms with Crippen molar-refractivity contribution >= 4 is 22.4 Å². The molecule has 2 aromatic rings. The topological polar surface area (TPSA) is 111 Å². The van der Waals surface area contributed by atoms with Crippen LogP contribution in [0.1, 0.15) is 41.9 Å². The van der Waals surface area contributed by atoms with E-state index in [9.17, 15) is 4.79 Å². The van der Waals surface area contributed by atoms with Crippen molar-refractivity contribution in [2.45, 2.75) is 44.7 Å². The van der Waals surface area contributed by atoms with Gasteiger partial charge in [-0.25, -0.2) is 4.98 Å². The summed E-state index contributed by atoms with van der Waals surface area (Å²) in [4.78, 5) is 16.2. The number of nitrogens with one attached hydrogen (secondary N) is 2. The highest BCUT2D eigenvalue weighted by Crippen LogP contribution is 2.11. The lowest BCUT2D eigenvalue weighted by Crippen LogP contribution is -2.34. The van der Waals surface area contributed by atoms with Gasteiger partial charge in [-0.15, -0.1) is 16.4 Å². The molecule has 3 rings (SSSR count). The van der Waals surface area contributed by atoms with Crippen LogP contribution in [-0.2, 0) is 13.0 Å². The van der Waals surface area contributed by atoms with Crippen LogP contribution < -0.4 is 16.4 Å². The number of aromatic nitrogens is 4. The second-order valence-corrected chi connectivity index (χ2v) is 6.88. The molecule has 2 aromatic heterocycles. The number of nitrogens with two attached hydrogens (primary N) is 1. The van der Waals surface area contributed by atoms with Crippen LogP contribution in [0.5, 0.6) is 0 Å². The molecule has 0 spiro atoms. The summed E-state index contributed by atoms with van der Waals surface area (Å²) in [5, 5.41) is 16.8. The number of carbonyl (C=O) groups excluding carboxylic acids is 1. The van der Waals surface area contributed by atoms with Crippen LogP contribution in [0.3, 0.4) is 0 Å². The van der Waals surface area contributed by atoms with Crippen molar-refractivity contribution in [2.24, 2.45) is 0 Å². The summed E-state index contributed by atoms with van der Waals surface area (Å²) in [6, 6.07) is 0.547. The molecule has 24 heavy (non-hydrogen) atoms. The molecule has 4 N–H and O–H groups in total. The number of thiazole rings is 1. The fourth-order valence-electron chi connectivity index (χ4n) is 2.80. The fraction of sp³-hybridized carbons (Fsp3) is 0.600. The SMILES string of the molecule is Nc1nc(CCNC(=O)c2cn(CCC3CCCCN3)nn2)cs1. The van der Waals surface area contributed by atoms with E-state index < -0.39 is 0 Å². The minimum atomic E-state index is -0.208. The smallest absolute Gasteiger partial charge is 0.273 e. The lowest BCUT2D eigenvalue weighted by Gasteiger charge is -2.23. The highest BCUT2D eigenvalue weighted by Gasteiger charge is 2.14. The third-order valence-corrected chi connectivity index (χ3v) is 4.85. The molecule has 0 aromatic carbocycles. The van der Waals surface area contributed by atoms with E-state index in [1.807, 2.05) is 5.38 Å². The Hall–Kier alpha value is -2.00. The lowest BCUT2D eigenvalue weighted by molar-refractivity contribution is 0.0949. The zero-order valence-corrected chi connectivity index (χ0v) is 14.4. The molecule has 1 unspecified atom stereocenters. The molecular weight excluding hydrogens is 326 g/mol. The van der Waals surface area contributed by atoms with Gasteiger partial charge in [0.1, 0.15) is 0 Å². The van der Waals surface area contributed by atoms with E-state index >= 15 is 0 Å². The summed E-state index contributed by atoms with van der Waals surface area (Å²) in [5.41, 5.74) is 6.82. The van der Waals surface area contributed by atoms with E-state index in [0.717, 1.165) is 25.2 Å². The van der Waals surface area contributed by atoms with Crippen molar-refractivity contribution in [3.05, 3.63) is 23.0 Å². The molecule has 0 radical (unpaired) electrons. The molecule has 0 bridgehead atoms. The molecule has 1 amide bonds. The van der Waals surface area contributed by atoms with Crippen LogP contribution in [-0.4, -0.2) is 45.0 Å². The number of aryl methyl sites for hydroxylation is 1. The van der Waals surface area contributed by atoms with Gasteiger partial charge in [-0.05, 0) is 25.8 Å². The van der Waals surface area contributed by atoms with E-state index in [0.29, 0.717) is 29.8 Å². The summed E-state index contributed by atoms with van der Waals surface area (Å²) in [6.07, 6.45) is 7.13. The van der Waals surface area contributed by atoms with Crippen LogP contribution in [0.2, 0.25) is 0 Å². The first-order valence-electron chi connectivity index (χ1n) is 8.32. The largest absolute Gasteiger partial charge is 0.375 e. The zero-order chi connectivity index (χ0) is 16.8. The molecule has 1 fully saturated rings. The van der Waals surface area contributed by atoms with Gasteiger partial charge < -0.3 is 16.4 Å².